The molecule has 1 saturated heterocycles. The van der Waals surface area contributed by atoms with Crippen molar-refractivity contribution in [1.82, 2.24) is 9.88 Å². The molecule has 5 nitrogen and oxygen atoms in total. The van der Waals surface area contributed by atoms with Crippen LogP contribution in [0.2, 0.25) is 0 Å². The van der Waals surface area contributed by atoms with Crippen LogP contribution in [0.25, 0.3) is 5.57 Å². The second-order valence-corrected chi connectivity index (χ2v) is 10.5. The maximum Gasteiger partial charge on any atom is 0.409 e. The van der Waals surface area contributed by atoms with Crippen LogP contribution in [0.3, 0.4) is 0 Å². The highest BCUT2D eigenvalue weighted by Crippen LogP contribution is 2.66. The molecule has 3 aliphatic carbocycles. The van der Waals surface area contributed by atoms with Gasteiger partial charge in [0.25, 0.3) is 0 Å². The van der Waals surface area contributed by atoms with Crippen LogP contribution < -0.4 is 4.74 Å². The van der Waals surface area contributed by atoms with Crippen molar-refractivity contribution < 1.29 is 14.3 Å². The van der Waals surface area contributed by atoms with Gasteiger partial charge >= 0.3 is 6.09 Å². The van der Waals surface area contributed by atoms with E-state index in [2.05, 4.69) is 31.0 Å². The Morgan fingerprint density at radius 2 is 2.03 bits per heavy atom. The van der Waals surface area contributed by atoms with Gasteiger partial charge in [-0.1, -0.05) is 19.9 Å². The van der Waals surface area contributed by atoms with E-state index in [1.807, 2.05) is 24.2 Å². The Morgan fingerprint density at radius 3 is 2.81 bits per heavy atom. The number of hydrogen-bond donors (Lipinski definition) is 0. The summed E-state index contributed by atoms with van der Waals surface area (Å²) < 4.78 is 10.8. The third kappa shape index (κ3) is 3.02. The standard InChI is InChI=1S/C26H36N2O3/c1-5-31-18-14-17(15-27-16-18)20-7-8-21-19-6-9-23-26(3,12-13-28(23)24(29)30-4)22(19)10-11-25(20,21)2/h7,14-16,19,21-23H,5-6,8-13H2,1-4H3/t19-,21-,22?,23?,25+,26+/m0/s1. The number of hydrogen-bond acceptors (Lipinski definition) is 4. The molecule has 2 heterocycles. The van der Waals surface area contributed by atoms with Gasteiger partial charge in [0.05, 0.1) is 19.9 Å². The zero-order valence-corrected chi connectivity index (χ0v) is 19.4. The summed E-state index contributed by atoms with van der Waals surface area (Å²) in [4.78, 5) is 18.8. The van der Waals surface area contributed by atoms with E-state index in [0.717, 1.165) is 37.5 Å². The predicted molar refractivity (Wildman–Crippen MR) is 121 cm³/mol. The molecule has 1 aromatic rings. The average Bonchev–Trinajstić information content (AvgIpc) is 3.30. The van der Waals surface area contributed by atoms with Crippen LogP contribution in [0.4, 0.5) is 4.79 Å². The van der Waals surface area contributed by atoms with Gasteiger partial charge in [-0.25, -0.2) is 4.79 Å². The Bertz CT molecular complexity index is 898. The minimum atomic E-state index is -0.140. The molecule has 0 N–H and O–H groups in total. The average molecular weight is 425 g/mol. The summed E-state index contributed by atoms with van der Waals surface area (Å²) in [5.74, 6) is 2.97. The van der Waals surface area contributed by atoms with Crippen LogP contribution in [0, 0.1) is 28.6 Å². The first kappa shape index (κ1) is 20.8. The number of carbonyl (C=O) groups is 1. The third-order valence-corrected chi connectivity index (χ3v) is 9.41. The second-order valence-electron chi connectivity index (χ2n) is 10.5. The molecule has 0 aromatic carbocycles. The number of rotatable bonds is 3. The van der Waals surface area contributed by atoms with E-state index in [1.54, 1.807) is 0 Å². The molecular formula is C26H36N2O3. The Hall–Kier alpha value is -2.04. The zero-order valence-electron chi connectivity index (χ0n) is 19.4. The number of allylic oxidation sites excluding steroid dienone is 2. The summed E-state index contributed by atoms with van der Waals surface area (Å²) in [7, 11) is 1.51. The van der Waals surface area contributed by atoms with Gasteiger partial charge in [0.1, 0.15) is 5.75 Å². The van der Waals surface area contributed by atoms with Gasteiger partial charge in [0, 0.05) is 18.8 Å². The van der Waals surface area contributed by atoms with Crippen LogP contribution >= 0.6 is 0 Å². The van der Waals surface area contributed by atoms with Crippen molar-refractivity contribution in [3.63, 3.8) is 0 Å². The van der Waals surface area contributed by atoms with Crippen molar-refractivity contribution in [2.24, 2.45) is 28.6 Å². The first-order valence-electron chi connectivity index (χ1n) is 12.1. The second kappa shape index (κ2) is 7.53. The fourth-order valence-corrected chi connectivity index (χ4v) is 7.98. The topological polar surface area (TPSA) is 51.7 Å². The lowest BCUT2D eigenvalue weighted by Gasteiger charge is -2.57. The molecule has 1 aromatic heterocycles. The lowest BCUT2D eigenvalue weighted by Crippen LogP contribution is -2.54. The molecule has 168 valence electrons. The van der Waals surface area contributed by atoms with Gasteiger partial charge in [-0.15, -0.1) is 0 Å². The molecule has 2 unspecified atom stereocenters. The van der Waals surface area contributed by atoms with Gasteiger partial charge in [-0.2, -0.15) is 0 Å². The molecule has 2 saturated carbocycles. The third-order valence-electron chi connectivity index (χ3n) is 9.41. The number of ether oxygens (including phenoxy) is 2. The summed E-state index contributed by atoms with van der Waals surface area (Å²) in [6.07, 6.45) is 13.2. The molecule has 1 aliphatic heterocycles. The Kier molecular flexibility index (Phi) is 5.06. The molecule has 31 heavy (non-hydrogen) atoms. The van der Waals surface area contributed by atoms with E-state index in [1.165, 1.54) is 37.5 Å². The van der Waals surface area contributed by atoms with Gasteiger partial charge in [0.2, 0.25) is 0 Å². The van der Waals surface area contributed by atoms with E-state index in [4.69, 9.17) is 9.47 Å². The number of aromatic nitrogens is 1. The molecule has 5 rings (SSSR count). The SMILES string of the molecule is CCOc1cncc(C2=CC[C@H]3[C@@H]4CCC5N(C(=O)OC)CC[C@]5(C)C4CC[C@]23C)c1. The van der Waals surface area contributed by atoms with Gasteiger partial charge in [0.15, 0.2) is 0 Å². The van der Waals surface area contributed by atoms with Gasteiger partial charge in [-0.3, -0.25) is 4.98 Å². The Labute approximate surface area is 186 Å². The maximum absolute atomic E-state index is 12.4. The summed E-state index contributed by atoms with van der Waals surface area (Å²) in [5.41, 5.74) is 3.13. The lowest BCUT2D eigenvalue weighted by molar-refractivity contribution is -0.0608. The smallest absolute Gasteiger partial charge is 0.409 e. The van der Waals surface area contributed by atoms with Crippen LogP contribution in [0.5, 0.6) is 5.75 Å². The Balaban J connectivity index is 1.40. The van der Waals surface area contributed by atoms with Crippen molar-refractivity contribution in [3.8, 4) is 5.75 Å². The fraction of sp³-hybridized carbons (Fsp3) is 0.692. The highest BCUT2D eigenvalue weighted by Gasteiger charge is 2.61. The zero-order chi connectivity index (χ0) is 21.8. The van der Waals surface area contributed by atoms with Crippen LogP contribution in [0.1, 0.15) is 64.9 Å². The number of fused-ring (bicyclic) bond motifs is 5. The van der Waals surface area contributed by atoms with Gasteiger partial charge < -0.3 is 14.4 Å². The molecule has 0 spiro atoms. The molecule has 5 heteroatoms. The van der Waals surface area contributed by atoms with Crippen molar-refractivity contribution in [2.45, 2.75) is 65.3 Å². The first-order chi connectivity index (χ1) is 14.9. The maximum atomic E-state index is 12.4. The number of methoxy groups -OCH3 is 1. The quantitative estimate of drug-likeness (QED) is 0.638. The summed E-state index contributed by atoms with van der Waals surface area (Å²) >= 11 is 0. The summed E-state index contributed by atoms with van der Waals surface area (Å²) in [6.45, 7) is 8.47. The number of carbonyl (C=O) groups excluding carboxylic acids is 1. The normalized spacial score (nSPS) is 38.7. The van der Waals surface area contributed by atoms with E-state index < -0.39 is 0 Å². The molecule has 3 fully saturated rings. The lowest BCUT2D eigenvalue weighted by atomic mass is 9.48. The van der Waals surface area contributed by atoms with E-state index in [9.17, 15) is 4.79 Å². The molecule has 4 aliphatic rings. The number of pyridine rings is 1. The van der Waals surface area contributed by atoms with Crippen LogP contribution in [-0.4, -0.2) is 42.3 Å². The fourth-order valence-electron chi connectivity index (χ4n) is 7.98. The highest BCUT2D eigenvalue weighted by molar-refractivity contribution is 5.73. The summed E-state index contributed by atoms with van der Waals surface area (Å²) in [6, 6.07) is 2.51. The molecule has 6 atom stereocenters. The van der Waals surface area contributed by atoms with Crippen molar-refractivity contribution in [1.29, 1.82) is 0 Å². The van der Waals surface area contributed by atoms with Crippen molar-refractivity contribution >= 4 is 11.7 Å². The number of likely N-dealkylation sites (tertiary alicyclic amines) is 1. The predicted octanol–water partition coefficient (Wildman–Crippen LogP) is 5.56. The minimum Gasteiger partial charge on any atom is -0.492 e. The molecule has 0 radical (unpaired) electrons. The minimum absolute atomic E-state index is 0.140. The van der Waals surface area contributed by atoms with Crippen LogP contribution in [0.15, 0.2) is 24.5 Å². The van der Waals surface area contributed by atoms with E-state index in [0.29, 0.717) is 24.5 Å². The van der Waals surface area contributed by atoms with Gasteiger partial charge in [-0.05, 0) is 91.2 Å². The molecular weight excluding hydrogens is 388 g/mol. The highest BCUT2D eigenvalue weighted by atomic mass is 16.5. The first-order valence-corrected chi connectivity index (χ1v) is 12.1. The largest absolute Gasteiger partial charge is 0.492 e. The van der Waals surface area contributed by atoms with Crippen LogP contribution in [-0.2, 0) is 4.74 Å². The number of amides is 1. The number of nitrogens with zero attached hydrogens (tertiary/aromatic N) is 2. The summed E-state index contributed by atoms with van der Waals surface area (Å²) in [5, 5.41) is 0. The Morgan fingerprint density at radius 1 is 1.19 bits per heavy atom. The van der Waals surface area contributed by atoms with Crippen molar-refractivity contribution in [3.05, 3.63) is 30.1 Å². The van der Waals surface area contributed by atoms with E-state index in [-0.39, 0.29) is 16.9 Å². The monoisotopic (exact) mass is 424 g/mol. The molecule has 0 bridgehead atoms. The van der Waals surface area contributed by atoms with Crippen molar-refractivity contribution in [2.75, 3.05) is 20.3 Å². The van der Waals surface area contributed by atoms with E-state index >= 15 is 0 Å². The molecule has 1 amide bonds.